The Bertz CT molecular complexity index is 291. The Morgan fingerprint density at radius 3 is 1.88 bits per heavy atom. The second kappa shape index (κ2) is 19.6. The molecule has 0 saturated heterocycles. The van der Waals surface area contributed by atoms with Crippen LogP contribution in [-0.4, -0.2) is 36.9 Å². The van der Waals surface area contributed by atoms with Crippen molar-refractivity contribution in [2.45, 2.75) is 90.5 Å². The highest BCUT2D eigenvalue weighted by Crippen LogP contribution is 2.10. The van der Waals surface area contributed by atoms with Crippen molar-refractivity contribution in [2.75, 3.05) is 19.8 Å². The number of carbonyl (C=O) groups is 1. The average molecular weight is 363 g/mol. The van der Waals surface area contributed by atoms with Gasteiger partial charge in [0.15, 0.2) is 0 Å². The summed E-state index contributed by atoms with van der Waals surface area (Å²) in [6.45, 7) is 5.03. The molecule has 0 spiro atoms. The molecule has 0 fully saturated rings. The third kappa shape index (κ3) is 17.9. The van der Waals surface area contributed by atoms with Gasteiger partial charge >= 0.3 is 5.97 Å². The van der Waals surface area contributed by atoms with Gasteiger partial charge in [0.05, 0.1) is 13.2 Å². The normalized spacial score (nSPS) is 12.4. The topological polar surface area (TPSA) is 86.3 Å². The molecule has 0 amide bonds. The lowest BCUT2D eigenvalue weighted by atomic mass is 10.1. The molecule has 0 aromatic carbocycles. The predicted octanol–water partition coefficient (Wildman–Crippen LogP) is 4.17. The molecule has 1 atom stereocenters. The molecule has 7 heteroatoms. The van der Waals surface area contributed by atoms with Crippen molar-refractivity contribution >= 4 is 5.97 Å². The van der Waals surface area contributed by atoms with Gasteiger partial charge in [0.2, 0.25) is 0 Å². The zero-order valence-corrected chi connectivity index (χ0v) is 16.0. The van der Waals surface area contributed by atoms with Crippen molar-refractivity contribution in [3.63, 3.8) is 0 Å². The Labute approximate surface area is 152 Å². The Balaban J connectivity index is 3.11. The standard InChI is InChI=1S/C18H37NO6/c1-3-5-6-7-8-9-10-11-12-13-15-22-24-25-23-16-14-19-17(4-2)18(20)21/h17,19H,3-16H2,1-2H3,(H,20,21). The highest BCUT2D eigenvalue weighted by atomic mass is 17.7. The number of nitrogens with one attached hydrogen (secondary N) is 1. The molecule has 25 heavy (non-hydrogen) atoms. The summed E-state index contributed by atoms with van der Waals surface area (Å²) in [5.74, 6) is -0.875. The zero-order chi connectivity index (χ0) is 18.6. The maximum absolute atomic E-state index is 10.8. The lowest BCUT2D eigenvalue weighted by molar-refractivity contribution is -0.634. The van der Waals surface area contributed by atoms with Gasteiger partial charge in [-0.1, -0.05) is 71.6 Å². The van der Waals surface area contributed by atoms with Crippen LogP contribution in [0.5, 0.6) is 0 Å². The van der Waals surface area contributed by atoms with Crippen molar-refractivity contribution in [1.82, 2.24) is 5.32 Å². The van der Waals surface area contributed by atoms with Gasteiger partial charge < -0.3 is 10.4 Å². The van der Waals surface area contributed by atoms with Crippen molar-refractivity contribution in [1.29, 1.82) is 0 Å². The molecular formula is C18H37NO6. The van der Waals surface area contributed by atoms with Crippen LogP contribution < -0.4 is 5.32 Å². The zero-order valence-electron chi connectivity index (χ0n) is 16.0. The molecule has 0 aliphatic rings. The first-order valence-corrected chi connectivity index (χ1v) is 9.76. The quantitative estimate of drug-likeness (QED) is 0.191. The van der Waals surface area contributed by atoms with Gasteiger partial charge in [0.25, 0.3) is 0 Å². The van der Waals surface area contributed by atoms with Crippen molar-refractivity contribution < 1.29 is 29.8 Å². The van der Waals surface area contributed by atoms with E-state index in [-0.39, 0.29) is 6.61 Å². The van der Waals surface area contributed by atoms with Crippen LogP contribution >= 0.6 is 0 Å². The summed E-state index contributed by atoms with van der Waals surface area (Å²) in [5, 5.41) is 20.5. The fraction of sp³-hybridized carbons (Fsp3) is 0.944. The van der Waals surface area contributed by atoms with Crippen LogP contribution in [0.25, 0.3) is 0 Å². The molecule has 0 heterocycles. The monoisotopic (exact) mass is 363 g/mol. The Morgan fingerprint density at radius 2 is 1.36 bits per heavy atom. The van der Waals surface area contributed by atoms with E-state index in [1.807, 2.05) is 0 Å². The lowest BCUT2D eigenvalue weighted by Gasteiger charge is -2.11. The van der Waals surface area contributed by atoms with Gasteiger partial charge in [-0.05, 0) is 22.9 Å². The molecule has 150 valence electrons. The molecule has 2 N–H and O–H groups in total. The summed E-state index contributed by atoms with van der Waals surface area (Å²) in [5.41, 5.74) is 0. The van der Waals surface area contributed by atoms with E-state index in [1.165, 1.54) is 51.4 Å². The van der Waals surface area contributed by atoms with Gasteiger partial charge in [-0.2, -0.15) is 0 Å². The van der Waals surface area contributed by atoms with E-state index in [0.717, 1.165) is 12.8 Å². The van der Waals surface area contributed by atoms with Crippen LogP contribution in [0.15, 0.2) is 0 Å². The van der Waals surface area contributed by atoms with Crippen molar-refractivity contribution in [2.24, 2.45) is 0 Å². The summed E-state index contributed by atoms with van der Waals surface area (Å²) in [6.07, 6.45) is 13.2. The third-order valence-corrected chi connectivity index (χ3v) is 3.99. The second-order valence-corrected chi connectivity index (χ2v) is 6.22. The molecule has 0 radical (unpaired) electrons. The molecular weight excluding hydrogens is 326 g/mol. The van der Waals surface area contributed by atoms with Gasteiger partial charge in [0.1, 0.15) is 6.04 Å². The first-order valence-electron chi connectivity index (χ1n) is 9.76. The van der Waals surface area contributed by atoms with Crippen LogP contribution in [0.1, 0.15) is 84.5 Å². The number of carboxylic acids is 1. The molecule has 0 aromatic heterocycles. The Hall–Kier alpha value is -0.730. The van der Waals surface area contributed by atoms with Crippen molar-refractivity contribution in [3.8, 4) is 0 Å². The number of hydrogen-bond acceptors (Lipinski definition) is 6. The van der Waals surface area contributed by atoms with Crippen LogP contribution in [0.4, 0.5) is 0 Å². The molecule has 0 aromatic rings. The molecule has 0 rings (SSSR count). The van der Waals surface area contributed by atoms with Crippen molar-refractivity contribution in [3.05, 3.63) is 0 Å². The highest BCUT2D eigenvalue weighted by molar-refractivity contribution is 5.73. The van der Waals surface area contributed by atoms with E-state index in [4.69, 9.17) is 14.9 Å². The fourth-order valence-corrected chi connectivity index (χ4v) is 2.44. The van der Waals surface area contributed by atoms with Crippen LogP contribution in [0, 0.1) is 0 Å². The largest absolute Gasteiger partial charge is 0.480 e. The number of hydrogen-bond donors (Lipinski definition) is 2. The minimum atomic E-state index is -0.875. The molecule has 0 bridgehead atoms. The number of unbranched alkanes of at least 4 members (excludes halogenated alkanes) is 9. The van der Waals surface area contributed by atoms with Crippen LogP contribution in [0.3, 0.4) is 0 Å². The summed E-state index contributed by atoms with van der Waals surface area (Å²) in [6, 6.07) is -0.572. The number of rotatable bonds is 20. The smallest absolute Gasteiger partial charge is 0.320 e. The maximum atomic E-state index is 10.8. The minimum Gasteiger partial charge on any atom is -0.480 e. The van der Waals surface area contributed by atoms with E-state index in [2.05, 4.69) is 22.3 Å². The lowest BCUT2D eigenvalue weighted by Crippen LogP contribution is -2.37. The molecule has 0 aliphatic carbocycles. The fourth-order valence-electron chi connectivity index (χ4n) is 2.44. The van der Waals surface area contributed by atoms with E-state index >= 15 is 0 Å². The molecule has 0 aliphatic heterocycles. The predicted molar refractivity (Wildman–Crippen MR) is 95.6 cm³/mol. The molecule has 1 unspecified atom stereocenters. The maximum Gasteiger partial charge on any atom is 0.320 e. The first-order chi connectivity index (χ1) is 12.2. The summed E-state index contributed by atoms with van der Waals surface area (Å²) in [4.78, 5) is 20.3. The summed E-state index contributed by atoms with van der Waals surface area (Å²) in [7, 11) is 0. The van der Waals surface area contributed by atoms with Gasteiger partial charge in [-0.3, -0.25) is 4.79 Å². The van der Waals surface area contributed by atoms with E-state index in [9.17, 15) is 4.79 Å². The highest BCUT2D eigenvalue weighted by Gasteiger charge is 2.12. The SMILES string of the molecule is CCCCCCCCCCCCOOOOCCNC(CC)C(=O)O. The molecule has 0 saturated carbocycles. The van der Waals surface area contributed by atoms with Crippen LogP contribution in [-0.2, 0) is 24.6 Å². The summed E-state index contributed by atoms with van der Waals surface area (Å²) >= 11 is 0. The third-order valence-electron chi connectivity index (χ3n) is 3.99. The van der Waals surface area contributed by atoms with E-state index in [1.54, 1.807) is 6.92 Å². The number of carboxylic acid groups (broad SMARTS) is 1. The molecule has 7 nitrogen and oxygen atoms in total. The van der Waals surface area contributed by atoms with Gasteiger partial charge in [-0.25, -0.2) is 9.78 Å². The van der Waals surface area contributed by atoms with E-state index < -0.39 is 12.0 Å². The van der Waals surface area contributed by atoms with Gasteiger partial charge in [-0.15, -0.1) is 0 Å². The second-order valence-electron chi connectivity index (χ2n) is 6.22. The van der Waals surface area contributed by atoms with Gasteiger partial charge in [0, 0.05) is 6.54 Å². The van der Waals surface area contributed by atoms with E-state index in [0.29, 0.717) is 19.6 Å². The Kier molecular flexibility index (Phi) is 19.0. The Morgan fingerprint density at radius 1 is 0.840 bits per heavy atom. The minimum absolute atomic E-state index is 0.172. The summed E-state index contributed by atoms with van der Waals surface area (Å²) < 4.78 is 0. The first kappa shape index (κ1) is 24.3. The average Bonchev–Trinajstić information content (AvgIpc) is 2.60. The van der Waals surface area contributed by atoms with Crippen LogP contribution in [0.2, 0.25) is 0 Å². The number of aliphatic carboxylic acids is 1.